The molecule has 4 rings (SSSR count). The third kappa shape index (κ3) is 1.80. The first-order valence-corrected chi connectivity index (χ1v) is 7.39. The van der Waals surface area contributed by atoms with Crippen molar-refractivity contribution in [2.24, 2.45) is 17.8 Å². The van der Waals surface area contributed by atoms with E-state index < -0.39 is 0 Å². The summed E-state index contributed by atoms with van der Waals surface area (Å²) in [6, 6.07) is 2.63. The summed E-state index contributed by atoms with van der Waals surface area (Å²) in [5, 5.41) is 7.68. The lowest BCUT2D eigenvalue weighted by Gasteiger charge is -2.24. The minimum absolute atomic E-state index is 0.858. The van der Waals surface area contributed by atoms with Gasteiger partial charge in [-0.25, -0.2) is 0 Å². The lowest BCUT2D eigenvalue weighted by Crippen LogP contribution is -2.39. The minimum Gasteiger partial charge on any atom is -0.313 e. The highest BCUT2D eigenvalue weighted by molar-refractivity contribution is 5.01. The largest absolute Gasteiger partial charge is 0.313 e. The number of hydrogen-bond donors (Lipinski definition) is 2. The molecule has 16 heavy (non-hydrogen) atoms. The second kappa shape index (κ2) is 3.71. The molecule has 2 bridgehead atoms. The zero-order chi connectivity index (χ0) is 10.5. The lowest BCUT2D eigenvalue weighted by atomic mass is 9.89. The molecule has 2 N–H and O–H groups in total. The molecule has 4 fully saturated rings. The molecule has 2 heterocycles. The molecule has 2 aliphatic carbocycles. The Morgan fingerprint density at radius 1 is 1.00 bits per heavy atom. The molecule has 2 heteroatoms. The van der Waals surface area contributed by atoms with Crippen molar-refractivity contribution in [2.45, 2.75) is 63.1 Å². The maximum Gasteiger partial charge on any atom is 0.0124 e. The van der Waals surface area contributed by atoms with E-state index in [4.69, 9.17) is 0 Å². The molecular formula is C14H24N2. The number of nitrogens with one attached hydrogen (secondary N) is 2. The van der Waals surface area contributed by atoms with Gasteiger partial charge in [0.1, 0.15) is 0 Å². The van der Waals surface area contributed by atoms with Crippen LogP contribution in [0.1, 0.15) is 44.9 Å². The highest BCUT2D eigenvalue weighted by Gasteiger charge is 2.43. The van der Waals surface area contributed by atoms with Gasteiger partial charge in [0, 0.05) is 18.1 Å². The van der Waals surface area contributed by atoms with Gasteiger partial charge in [-0.1, -0.05) is 0 Å². The molecule has 0 aromatic rings. The van der Waals surface area contributed by atoms with E-state index in [2.05, 4.69) is 10.6 Å². The predicted molar refractivity (Wildman–Crippen MR) is 65.3 cm³/mol. The molecule has 0 aromatic carbocycles. The molecule has 0 amide bonds. The van der Waals surface area contributed by atoms with E-state index in [1.54, 1.807) is 0 Å². The molecule has 4 aliphatic rings. The van der Waals surface area contributed by atoms with E-state index in [1.807, 2.05) is 0 Å². The van der Waals surface area contributed by atoms with Gasteiger partial charge in [-0.15, -0.1) is 0 Å². The lowest BCUT2D eigenvalue weighted by molar-refractivity contribution is 0.332. The molecule has 2 nitrogen and oxygen atoms in total. The van der Waals surface area contributed by atoms with Crippen molar-refractivity contribution in [1.82, 2.24) is 10.6 Å². The summed E-state index contributed by atoms with van der Waals surface area (Å²) in [7, 11) is 0. The second-order valence-corrected chi connectivity index (χ2v) is 6.65. The predicted octanol–water partition coefficient (Wildman–Crippen LogP) is 1.91. The van der Waals surface area contributed by atoms with Crippen molar-refractivity contribution in [3.05, 3.63) is 0 Å². The fourth-order valence-corrected chi connectivity index (χ4v) is 4.08. The van der Waals surface area contributed by atoms with Crippen molar-refractivity contribution < 1.29 is 0 Å². The van der Waals surface area contributed by atoms with Gasteiger partial charge < -0.3 is 10.6 Å². The number of fused-ring (bicyclic) bond motifs is 2. The van der Waals surface area contributed by atoms with Crippen LogP contribution in [0.2, 0.25) is 0 Å². The average Bonchev–Trinajstić information content (AvgIpc) is 3.21. The summed E-state index contributed by atoms with van der Waals surface area (Å²) in [6.07, 6.45) is 10.3. The first-order valence-electron chi connectivity index (χ1n) is 7.39. The van der Waals surface area contributed by atoms with Crippen LogP contribution in [0.5, 0.6) is 0 Å². The molecule has 90 valence electrons. The fourth-order valence-electron chi connectivity index (χ4n) is 4.08. The van der Waals surface area contributed by atoms with Crippen LogP contribution in [0, 0.1) is 17.8 Å². The summed E-state index contributed by atoms with van der Waals surface area (Å²) in [6.45, 7) is 1.30. The standard InChI is InChI=1S/C14H24N2/c1-2-9(1)14(10-3-4-10)15-8-11-7-12-5-6-13(11)16-12/h9-16H,1-8H2. The van der Waals surface area contributed by atoms with Crippen LogP contribution in [-0.2, 0) is 0 Å². The third-order valence-corrected chi connectivity index (χ3v) is 5.31. The van der Waals surface area contributed by atoms with Crippen LogP contribution in [0.4, 0.5) is 0 Å². The number of hydrogen-bond acceptors (Lipinski definition) is 2. The molecule has 3 atom stereocenters. The van der Waals surface area contributed by atoms with Crippen LogP contribution in [-0.4, -0.2) is 24.7 Å². The quantitative estimate of drug-likeness (QED) is 0.739. The molecular weight excluding hydrogens is 196 g/mol. The van der Waals surface area contributed by atoms with Gasteiger partial charge in [0.25, 0.3) is 0 Å². The monoisotopic (exact) mass is 220 g/mol. The van der Waals surface area contributed by atoms with Crippen molar-refractivity contribution in [2.75, 3.05) is 6.54 Å². The molecule has 2 saturated carbocycles. The van der Waals surface area contributed by atoms with Gasteiger partial charge in [0.05, 0.1) is 0 Å². The Kier molecular flexibility index (Phi) is 2.29. The Morgan fingerprint density at radius 2 is 1.75 bits per heavy atom. The Morgan fingerprint density at radius 3 is 2.25 bits per heavy atom. The molecule has 3 unspecified atom stereocenters. The van der Waals surface area contributed by atoms with E-state index >= 15 is 0 Å². The van der Waals surface area contributed by atoms with E-state index in [1.165, 1.54) is 51.5 Å². The van der Waals surface area contributed by atoms with E-state index in [0.717, 1.165) is 35.9 Å². The normalized spacial score (nSPS) is 42.2. The minimum atomic E-state index is 0.858. The topological polar surface area (TPSA) is 24.1 Å². The Labute approximate surface area is 98.6 Å². The molecule has 2 saturated heterocycles. The molecule has 0 spiro atoms. The van der Waals surface area contributed by atoms with Crippen LogP contribution >= 0.6 is 0 Å². The van der Waals surface area contributed by atoms with Crippen molar-refractivity contribution in [3.63, 3.8) is 0 Å². The van der Waals surface area contributed by atoms with Crippen molar-refractivity contribution in [1.29, 1.82) is 0 Å². The maximum absolute atomic E-state index is 3.93. The SMILES string of the molecule is C1CC2NC1CC2CNC(C1CC1)C1CC1. The Hall–Kier alpha value is -0.0800. The first kappa shape index (κ1) is 9.90. The first-order chi connectivity index (χ1) is 7.90. The zero-order valence-corrected chi connectivity index (χ0v) is 10.1. The third-order valence-electron chi connectivity index (χ3n) is 5.31. The van der Waals surface area contributed by atoms with Crippen LogP contribution in [0.3, 0.4) is 0 Å². The van der Waals surface area contributed by atoms with Gasteiger partial charge in [-0.2, -0.15) is 0 Å². The van der Waals surface area contributed by atoms with Gasteiger partial charge >= 0.3 is 0 Å². The summed E-state index contributed by atoms with van der Waals surface area (Å²) in [4.78, 5) is 0. The summed E-state index contributed by atoms with van der Waals surface area (Å²) in [5.41, 5.74) is 0. The van der Waals surface area contributed by atoms with Crippen molar-refractivity contribution in [3.8, 4) is 0 Å². The Balaban J connectivity index is 1.30. The zero-order valence-electron chi connectivity index (χ0n) is 10.1. The highest BCUT2D eigenvalue weighted by Crippen LogP contribution is 2.44. The van der Waals surface area contributed by atoms with E-state index in [0.29, 0.717) is 0 Å². The smallest absolute Gasteiger partial charge is 0.0124 e. The fraction of sp³-hybridized carbons (Fsp3) is 1.00. The van der Waals surface area contributed by atoms with Gasteiger partial charge in [0.2, 0.25) is 0 Å². The molecule has 0 radical (unpaired) electrons. The second-order valence-electron chi connectivity index (χ2n) is 6.65. The highest BCUT2D eigenvalue weighted by atomic mass is 15.1. The molecule has 2 aliphatic heterocycles. The maximum atomic E-state index is 3.93. The van der Waals surface area contributed by atoms with Crippen molar-refractivity contribution >= 4 is 0 Å². The number of rotatable bonds is 5. The van der Waals surface area contributed by atoms with Crippen LogP contribution < -0.4 is 10.6 Å². The molecule has 0 aromatic heterocycles. The summed E-state index contributed by atoms with van der Waals surface area (Å²) < 4.78 is 0. The van der Waals surface area contributed by atoms with E-state index in [9.17, 15) is 0 Å². The average molecular weight is 220 g/mol. The van der Waals surface area contributed by atoms with E-state index in [-0.39, 0.29) is 0 Å². The summed E-state index contributed by atoms with van der Waals surface area (Å²) >= 11 is 0. The van der Waals surface area contributed by atoms with Crippen LogP contribution in [0.25, 0.3) is 0 Å². The van der Waals surface area contributed by atoms with Gasteiger partial charge in [-0.3, -0.25) is 0 Å². The summed E-state index contributed by atoms with van der Waals surface area (Å²) in [5.74, 6) is 3.05. The van der Waals surface area contributed by atoms with Crippen LogP contribution in [0.15, 0.2) is 0 Å². The van der Waals surface area contributed by atoms with Gasteiger partial charge in [-0.05, 0) is 69.2 Å². The Bertz CT molecular complexity index is 258. The van der Waals surface area contributed by atoms with Gasteiger partial charge in [0.15, 0.2) is 0 Å².